The fourth-order valence-corrected chi connectivity index (χ4v) is 2.95. The first-order chi connectivity index (χ1) is 7.74. The summed E-state index contributed by atoms with van der Waals surface area (Å²) in [6.07, 6.45) is 5.20. The van der Waals surface area contributed by atoms with Crippen molar-refractivity contribution in [1.29, 1.82) is 0 Å². The van der Waals surface area contributed by atoms with Gasteiger partial charge in [0.25, 0.3) is 0 Å². The third kappa shape index (κ3) is 3.72. The van der Waals surface area contributed by atoms with Gasteiger partial charge in [-0.3, -0.25) is 0 Å². The molecule has 2 N–H and O–H groups in total. The van der Waals surface area contributed by atoms with Crippen LogP contribution < -0.4 is 5.73 Å². The Bertz CT molecular complexity index is 199. The molecule has 2 saturated heterocycles. The summed E-state index contributed by atoms with van der Waals surface area (Å²) in [6.45, 7) is 9.95. The van der Waals surface area contributed by atoms with Gasteiger partial charge < -0.3 is 15.5 Å². The van der Waals surface area contributed by atoms with Gasteiger partial charge in [0.15, 0.2) is 0 Å². The first-order valence-electron chi connectivity index (χ1n) is 6.94. The summed E-state index contributed by atoms with van der Waals surface area (Å²) < 4.78 is 0. The molecule has 94 valence electrons. The Hall–Kier alpha value is -0.120. The van der Waals surface area contributed by atoms with Crippen LogP contribution in [0.3, 0.4) is 0 Å². The van der Waals surface area contributed by atoms with Gasteiger partial charge in [0, 0.05) is 25.7 Å². The van der Waals surface area contributed by atoms with Crippen LogP contribution in [0.5, 0.6) is 0 Å². The Kier molecular flexibility index (Phi) is 4.62. The number of likely N-dealkylation sites (tertiary alicyclic amines) is 2. The molecule has 0 aromatic carbocycles. The van der Waals surface area contributed by atoms with Crippen molar-refractivity contribution in [1.82, 2.24) is 9.80 Å². The number of hydrogen-bond donors (Lipinski definition) is 1. The highest BCUT2D eigenvalue weighted by Crippen LogP contribution is 2.15. The summed E-state index contributed by atoms with van der Waals surface area (Å²) in [4.78, 5) is 5.23. The zero-order chi connectivity index (χ0) is 11.4. The Morgan fingerprint density at radius 2 is 1.69 bits per heavy atom. The molecule has 3 nitrogen and oxygen atoms in total. The Morgan fingerprint density at radius 3 is 2.38 bits per heavy atom. The first-order valence-corrected chi connectivity index (χ1v) is 6.94. The van der Waals surface area contributed by atoms with Gasteiger partial charge in [-0.05, 0) is 51.2 Å². The Labute approximate surface area is 100.0 Å². The van der Waals surface area contributed by atoms with Crippen LogP contribution in [-0.2, 0) is 0 Å². The topological polar surface area (TPSA) is 32.5 Å². The fourth-order valence-electron chi connectivity index (χ4n) is 2.95. The van der Waals surface area contributed by atoms with Crippen molar-refractivity contribution in [3.63, 3.8) is 0 Å². The van der Waals surface area contributed by atoms with Crippen molar-refractivity contribution in [3.8, 4) is 0 Å². The molecule has 2 aliphatic heterocycles. The molecule has 1 unspecified atom stereocenters. The third-order valence-electron chi connectivity index (χ3n) is 4.11. The van der Waals surface area contributed by atoms with Gasteiger partial charge in [-0.2, -0.15) is 0 Å². The van der Waals surface area contributed by atoms with Crippen LogP contribution in [0.25, 0.3) is 0 Å². The summed E-state index contributed by atoms with van der Waals surface area (Å²) in [5, 5.41) is 0. The van der Waals surface area contributed by atoms with Crippen molar-refractivity contribution in [2.75, 3.05) is 39.3 Å². The van der Waals surface area contributed by atoms with Gasteiger partial charge in [0.1, 0.15) is 0 Å². The summed E-state index contributed by atoms with van der Waals surface area (Å²) in [7, 11) is 0. The van der Waals surface area contributed by atoms with Gasteiger partial charge in [-0.1, -0.05) is 6.92 Å². The minimum absolute atomic E-state index is 0.464. The molecular weight excluding hydrogens is 198 g/mol. The van der Waals surface area contributed by atoms with E-state index in [0.717, 1.165) is 5.92 Å². The van der Waals surface area contributed by atoms with Crippen molar-refractivity contribution >= 4 is 0 Å². The Morgan fingerprint density at radius 1 is 1.00 bits per heavy atom. The van der Waals surface area contributed by atoms with Crippen molar-refractivity contribution in [3.05, 3.63) is 0 Å². The summed E-state index contributed by atoms with van der Waals surface area (Å²) >= 11 is 0. The highest BCUT2D eigenvalue weighted by atomic mass is 15.2. The zero-order valence-electron chi connectivity index (χ0n) is 10.7. The van der Waals surface area contributed by atoms with E-state index in [0.29, 0.717) is 6.04 Å². The second-order valence-corrected chi connectivity index (χ2v) is 5.73. The highest BCUT2D eigenvalue weighted by Gasteiger charge is 2.19. The summed E-state index contributed by atoms with van der Waals surface area (Å²) in [5.74, 6) is 0.906. The van der Waals surface area contributed by atoms with E-state index < -0.39 is 0 Å². The average Bonchev–Trinajstić information content (AvgIpc) is 2.28. The molecule has 16 heavy (non-hydrogen) atoms. The lowest BCUT2D eigenvalue weighted by Gasteiger charge is -2.35. The zero-order valence-corrected chi connectivity index (χ0v) is 10.7. The van der Waals surface area contributed by atoms with E-state index in [1.807, 2.05) is 0 Å². The molecule has 2 rings (SSSR count). The Balaban J connectivity index is 1.63. The van der Waals surface area contributed by atoms with Crippen LogP contribution in [0, 0.1) is 5.92 Å². The first kappa shape index (κ1) is 12.3. The fraction of sp³-hybridized carbons (Fsp3) is 1.00. The van der Waals surface area contributed by atoms with Crippen LogP contribution in [-0.4, -0.2) is 55.1 Å². The highest BCUT2D eigenvalue weighted by molar-refractivity contribution is 4.76. The molecule has 2 heterocycles. The van der Waals surface area contributed by atoms with Crippen molar-refractivity contribution < 1.29 is 0 Å². The molecule has 2 aliphatic rings. The maximum absolute atomic E-state index is 5.92. The molecule has 0 saturated carbocycles. The molecule has 0 spiro atoms. The molecular formula is C13H27N3. The smallest absolute Gasteiger partial charge is 0.0109 e. The third-order valence-corrected chi connectivity index (χ3v) is 4.11. The van der Waals surface area contributed by atoms with E-state index >= 15 is 0 Å². The number of rotatable bonds is 3. The van der Waals surface area contributed by atoms with Crippen LogP contribution >= 0.6 is 0 Å². The predicted molar refractivity (Wildman–Crippen MR) is 68.5 cm³/mol. The quantitative estimate of drug-likeness (QED) is 0.782. The average molecular weight is 225 g/mol. The number of hydrogen-bond acceptors (Lipinski definition) is 3. The number of nitrogens with two attached hydrogens (primary N) is 1. The summed E-state index contributed by atoms with van der Waals surface area (Å²) in [5.41, 5.74) is 5.92. The molecule has 0 amide bonds. The van der Waals surface area contributed by atoms with E-state index in [9.17, 15) is 0 Å². The van der Waals surface area contributed by atoms with Gasteiger partial charge in [-0.25, -0.2) is 0 Å². The molecule has 2 fully saturated rings. The molecule has 0 aromatic rings. The van der Waals surface area contributed by atoms with Crippen molar-refractivity contribution in [2.45, 2.75) is 38.6 Å². The van der Waals surface area contributed by atoms with Crippen molar-refractivity contribution in [2.24, 2.45) is 11.7 Å². The van der Waals surface area contributed by atoms with Gasteiger partial charge in [-0.15, -0.1) is 0 Å². The molecule has 3 heteroatoms. The maximum atomic E-state index is 5.92. The van der Waals surface area contributed by atoms with Gasteiger partial charge in [0.2, 0.25) is 0 Å². The molecule has 0 aliphatic carbocycles. The summed E-state index contributed by atoms with van der Waals surface area (Å²) in [6, 6.07) is 0.464. The molecule has 0 aromatic heterocycles. The normalized spacial score (nSPS) is 30.8. The standard InChI is InChI=1S/C13H27N3/c1-12-3-2-6-16(11-12)10-9-15-7-4-13(14)5-8-15/h12-13H,2-11,14H2,1H3. The minimum Gasteiger partial charge on any atom is -0.328 e. The second-order valence-electron chi connectivity index (χ2n) is 5.73. The lowest BCUT2D eigenvalue weighted by molar-refractivity contribution is 0.140. The minimum atomic E-state index is 0.464. The van der Waals surface area contributed by atoms with E-state index in [-0.39, 0.29) is 0 Å². The van der Waals surface area contributed by atoms with E-state index in [4.69, 9.17) is 5.73 Å². The van der Waals surface area contributed by atoms with Gasteiger partial charge >= 0.3 is 0 Å². The SMILES string of the molecule is CC1CCCN(CCN2CCC(N)CC2)C1. The largest absolute Gasteiger partial charge is 0.328 e. The van der Waals surface area contributed by atoms with Crippen LogP contribution in [0.2, 0.25) is 0 Å². The van der Waals surface area contributed by atoms with E-state index in [1.165, 1.54) is 65.0 Å². The molecule has 1 atom stereocenters. The van der Waals surface area contributed by atoms with Crippen LogP contribution in [0.15, 0.2) is 0 Å². The molecule has 0 bridgehead atoms. The second kappa shape index (κ2) is 5.99. The maximum Gasteiger partial charge on any atom is 0.0109 e. The lowest BCUT2D eigenvalue weighted by atomic mass is 10.0. The van der Waals surface area contributed by atoms with E-state index in [2.05, 4.69) is 16.7 Å². The van der Waals surface area contributed by atoms with E-state index in [1.54, 1.807) is 0 Å². The van der Waals surface area contributed by atoms with Crippen LogP contribution in [0.4, 0.5) is 0 Å². The van der Waals surface area contributed by atoms with Gasteiger partial charge in [0.05, 0.1) is 0 Å². The van der Waals surface area contributed by atoms with Crippen LogP contribution in [0.1, 0.15) is 32.6 Å². The molecule has 0 radical (unpaired) electrons. The monoisotopic (exact) mass is 225 g/mol. The number of nitrogens with zero attached hydrogens (tertiary/aromatic N) is 2. The number of piperidine rings is 2. The lowest BCUT2D eigenvalue weighted by Crippen LogP contribution is -2.44. The predicted octanol–water partition coefficient (Wildman–Crippen LogP) is 1.14.